The van der Waals surface area contributed by atoms with Gasteiger partial charge in [-0.15, -0.1) is 0 Å². The summed E-state index contributed by atoms with van der Waals surface area (Å²) in [7, 11) is 2.64. The Morgan fingerprint density at radius 3 is 1.29 bits per heavy atom. The monoisotopic (exact) mass is 1120 g/mol. The first kappa shape index (κ1) is 54.5. The molecule has 84 heavy (non-hydrogen) atoms. The summed E-state index contributed by atoms with van der Waals surface area (Å²) in [6.45, 7) is 0. The molecule has 0 radical (unpaired) electrons. The van der Waals surface area contributed by atoms with Gasteiger partial charge in [-0.2, -0.15) is 0 Å². The number of methoxy groups -OCH3 is 2. The van der Waals surface area contributed by atoms with Gasteiger partial charge in [0.05, 0.1) is 37.7 Å². The van der Waals surface area contributed by atoms with Gasteiger partial charge in [0.25, 0.3) is 11.8 Å². The van der Waals surface area contributed by atoms with Crippen molar-refractivity contribution >= 4 is 24.0 Å². The van der Waals surface area contributed by atoms with Crippen LogP contribution in [0, 0.1) is 11.8 Å². The number of ether oxygens (including phenoxy) is 2. The molecule has 8 aromatic rings. The van der Waals surface area contributed by atoms with Crippen molar-refractivity contribution in [3.63, 3.8) is 0 Å². The lowest BCUT2D eigenvalue weighted by molar-refractivity contribution is -0.138. The molecular formula is C70H72N8O6. The highest BCUT2D eigenvalue weighted by Crippen LogP contribution is 2.49. The van der Waals surface area contributed by atoms with E-state index in [1.165, 1.54) is 58.7 Å². The van der Waals surface area contributed by atoms with Crippen molar-refractivity contribution in [3.05, 3.63) is 203 Å². The third-order valence-electron chi connectivity index (χ3n) is 18.9. The van der Waals surface area contributed by atoms with Crippen LogP contribution in [0.3, 0.4) is 0 Å². The molecule has 0 unspecified atom stereocenters. The van der Waals surface area contributed by atoms with Crippen LogP contribution < -0.4 is 10.6 Å². The SMILES string of the molecule is COC(=O)N[C@H](C(=O)N1[C@H](c2nc(-c3ccc(-c4cc5ccc4CCc4ccc(c(-c6ccc(-c7c[nH]c([C@@H]8C[C@@H]9CCCC[C@@H]9N8C(=O)[C@@H](NC(=O)OC)c8ccccc8)n7)cc6)c4)CC5)cc3)c[nH]2)C[C@@H]2CCCC[C@@H]21)c1ccccc1. The number of aryl methyl sites for hydroxylation is 4. The quantitative estimate of drug-likeness (QED) is 0.0935. The molecule has 4 bridgehead atoms. The number of rotatable bonds is 12. The number of nitrogens with zero attached hydrogens (tertiary/aromatic N) is 4. The smallest absolute Gasteiger partial charge is 0.407 e. The highest BCUT2D eigenvalue weighted by molar-refractivity contribution is 5.89. The number of aromatic amines is 2. The van der Waals surface area contributed by atoms with Crippen LogP contribution in [0.5, 0.6) is 0 Å². The summed E-state index contributed by atoms with van der Waals surface area (Å²) in [5, 5.41) is 5.69. The Kier molecular flexibility index (Phi) is 15.5. The molecule has 8 atom stereocenters. The van der Waals surface area contributed by atoms with Crippen LogP contribution in [0.15, 0.2) is 158 Å². The number of carbonyl (C=O) groups is 4. The molecule has 8 aliphatic rings. The van der Waals surface area contributed by atoms with Crippen molar-refractivity contribution in [3.8, 4) is 44.8 Å². The molecule has 2 saturated carbocycles. The number of hydrogen-bond acceptors (Lipinski definition) is 8. The maximum Gasteiger partial charge on any atom is 0.407 e. The predicted molar refractivity (Wildman–Crippen MR) is 323 cm³/mol. The number of likely N-dealkylation sites (tertiary alicyclic amines) is 2. The molecule has 2 aliphatic heterocycles. The van der Waals surface area contributed by atoms with E-state index in [0.717, 1.165) is 124 Å². The zero-order chi connectivity index (χ0) is 57.3. The molecule has 4 amide bonds. The number of benzene rings is 6. The second kappa shape index (κ2) is 23.8. The minimum Gasteiger partial charge on any atom is -0.453 e. The first-order valence-corrected chi connectivity index (χ1v) is 30.2. The molecule has 4 N–H and O–H groups in total. The number of alkyl carbamates (subject to hydrolysis) is 2. The Balaban J connectivity index is 0.704. The normalized spacial score (nSPS) is 21.5. The van der Waals surface area contributed by atoms with Crippen molar-refractivity contribution in [1.82, 2.24) is 40.4 Å². The molecule has 4 heterocycles. The summed E-state index contributed by atoms with van der Waals surface area (Å²) < 4.78 is 9.98. The van der Waals surface area contributed by atoms with E-state index < -0.39 is 24.3 Å². The zero-order valence-electron chi connectivity index (χ0n) is 47.8. The van der Waals surface area contributed by atoms with E-state index in [9.17, 15) is 19.2 Å². The summed E-state index contributed by atoms with van der Waals surface area (Å²) in [4.78, 5) is 76.2. The second-order valence-electron chi connectivity index (χ2n) is 23.7. The first-order valence-electron chi connectivity index (χ1n) is 30.2. The standard InChI is InChI=1S/C70H72N8O6/c1-83-69(81)75-63(51-13-5-3-6-14-51)67(79)77-59-19-11-9-17-53(59)39-61(77)65-71-41-57(73-65)49-33-29-47(30-34-49)55-37-43-21-25-45(55)27-23-44-22-26-46(28-24-43)56(38-44)48-31-35-50(36-32-48)58-42-72-66(74-58)62-40-54-18-10-12-20-60(54)78(62)68(80)64(76-70(82)84-2)52-15-7-4-8-16-52/h3-8,13-16,21-22,25-26,29-38,41-42,53-54,59-64H,9-12,17-20,23-24,27-28,39-40H2,1-2H3,(H,71,73)(H,72,74)(H,75,81)(H,76,82)/t53-,54-,59-,60-,61-,62-,63-,64-/m0/s1. The molecule has 428 valence electrons. The van der Waals surface area contributed by atoms with Gasteiger partial charge in [-0.3, -0.25) is 9.59 Å². The molecule has 6 aliphatic carbocycles. The number of aromatic nitrogens is 4. The van der Waals surface area contributed by atoms with E-state index in [0.29, 0.717) is 23.0 Å². The fourth-order valence-electron chi connectivity index (χ4n) is 14.6. The number of imidazole rings is 2. The van der Waals surface area contributed by atoms with Crippen LogP contribution >= 0.6 is 0 Å². The van der Waals surface area contributed by atoms with E-state index in [-0.39, 0.29) is 36.0 Å². The van der Waals surface area contributed by atoms with Gasteiger partial charge in [0.15, 0.2) is 0 Å². The molecule has 16 rings (SSSR count). The Labute approximate surface area is 490 Å². The van der Waals surface area contributed by atoms with Gasteiger partial charge in [0.2, 0.25) is 0 Å². The second-order valence-corrected chi connectivity index (χ2v) is 23.7. The number of carbonyl (C=O) groups excluding carboxylic acids is 4. The van der Waals surface area contributed by atoms with Gasteiger partial charge >= 0.3 is 12.2 Å². The molecule has 2 saturated heterocycles. The Hall–Kier alpha value is -8.78. The molecular weight excluding hydrogens is 1050 g/mol. The third kappa shape index (κ3) is 10.9. The maximum atomic E-state index is 14.7. The minimum atomic E-state index is -0.883. The Bertz CT molecular complexity index is 3430. The van der Waals surface area contributed by atoms with Crippen LogP contribution in [0.4, 0.5) is 9.59 Å². The fourth-order valence-corrected chi connectivity index (χ4v) is 14.6. The lowest BCUT2D eigenvalue weighted by atomic mass is 9.84. The lowest BCUT2D eigenvalue weighted by Crippen LogP contribution is -2.47. The van der Waals surface area contributed by atoms with Crippen molar-refractivity contribution in [1.29, 1.82) is 0 Å². The highest BCUT2D eigenvalue weighted by atomic mass is 16.5. The van der Waals surface area contributed by atoms with E-state index in [4.69, 9.17) is 19.4 Å². The summed E-state index contributed by atoms with van der Waals surface area (Å²) >= 11 is 0. The molecule has 4 fully saturated rings. The lowest BCUT2D eigenvalue weighted by Gasteiger charge is -2.36. The van der Waals surface area contributed by atoms with Gasteiger partial charge in [0.1, 0.15) is 23.7 Å². The molecule has 2 aromatic heterocycles. The van der Waals surface area contributed by atoms with Crippen molar-refractivity contribution in [2.75, 3.05) is 14.2 Å². The summed E-state index contributed by atoms with van der Waals surface area (Å²) in [5.74, 6) is 1.97. The predicted octanol–water partition coefficient (Wildman–Crippen LogP) is 13.5. The maximum absolute atomic E-state index is 14.7. The van der Waals surface area contributed by atoms with Gasteiger partial charge < -0.3 is 39.9 Å². The van der Waals surface area contributed by atoms with E-state index in [2.05, 4.69) is 106 Å². The Morgan fingerprint density at radius 1 is 0.488 bits per heavy atom. The van der Waals surface area contributed by atoms with Crippen molar-refractivity contribution in [2.45, 2.75) is 126 Å². The average Bonchev–Trinajstić information content (AvgIpc) is 2.99. The zero-order valence-corrected chi connectivity index (χ0v) is 47.8. The van der Waals surface area contributed by atoms with Crippen molar-refractivity contribution in [2.24, 2.45) is 11.8 Å². The van der Waals surface area contributed by atoms with Gasteiger partial charge in [-0.1, -0.05) is 171 Å². The molecule has 14 heteroatoms. The largest absolute Gasteiger partial charge is 0.453 e. The van der Waals surface area contributed by atoms with Crippen LogP contribution in [0.2, 0.25) is 0 Å². The minimum absolute atomic E-state index is 0.0696. The number of fused-ring (bicyclic) bond motifs is 2. The molecule has 6 aromatic carbocycles. The number of nitrogens with one attached hydrogen (secondary N) is 4. The summed E-state index contributed by atoms with van der Waals surface area (Å²) in [6, 6.07) is 48.2. The van der Waals surface area contributed by atoms with Crippen molar-refractivity contribution < 1.29 is 28.7 Å². The average molecular weight is 1120 g/mol. The topological polar surface area (TPSA) is 175 Å². The summed E-state index contributed by atoms with van der Waals surface area (Å²) in [5.41, 5.74) is 15.1. The number of amides is 4. The van der Waals surface area contributed by atoms with Crippen LogP contribution in [-0.4, -0.2) is 80.0 Å². The fraction of sp³-hybridized carbons (Fsp3) is 0.343. The third-order valence-corrected chi connectivity index (χ3v) is 18.9. The number of H-pyrrole nitrogens is 2. The van der Waals surface area contributed by atoms with Crippen LogP contribution in [0.1, 0.15) is 133 Å². The first-order chi connectivity index (χ1) is 41.2. The summed E-state index contributed by atoms with van der Waals surface area (Å²) in [6.07, 6.45) is 16.2. The highest BCUT2D eigenvalue weighted by Gasteiger charge is 2.50. The van der Waals surface area contributed by atoms with E-state index in [1.54, 1.807) is 0 Å². The van der Waals surface area contributed by atoms with Gasteiger partial charge in [-0.25, -0.2) is 19.6 Å². The Morgan fingerprint density at radius 2 is 0.881 bits per heavy atom. The van der Waals surface area contributed by atoms with Gasteiger partial charge in [0, 0.05) is 35.6 Å². The van der Waals surface area contributed by atoms with Crippen LogP contribution in [0.25, 0.3) is 44.8 Å². The van der Waals surface area contributed by atoms with E-state index >= 15 is 0 Å². The van der Waals surface area contributed by atoms with Crippen LogP contribution in [-0.2, 0) is 44.7 Å². The number of hydrogen-bond donors (Lipinski definition) is 4. The van der Waals surface area contributed by atoms with E-state index in [1.807, 2.05) is 82.9 Å². The van der Waals surface area contributed by atoms with Gasteiger partial charge in [-0.05, 0) is 132 Å². The molecule has 0 spiro atoms. The molecule has 14 nitrogen and oxygen atoms in total.